The Hall–Kier alpha value is -3.41. The normalized spacial score (nSPS) is 10.7. The molecule has 1 aromatic heterocycles. The number of rotatable bonds is 4. The quantitative estimate of drug-likeness (QED) is 0.614. The molecule has 0 aliphatic heterocycles. The third-order valence-corrected chi connectivity index (χ3v) is 3.84. The average molecular weight is 354 g/mol. The van der Waals surface area contributed by atoms with Crippen molar-refractivity contribution in [3.8, 4) is 34.1 Å². The predicted molar refractivity (Wildman–Crippen MR) is 97.8 cm³/mol. The molecule has 26 heavy (non-hydrogen) atoms. The standard InChI is InChI=1S/C20H18O6/c1-11(2)5-6-25-13-8-17(23)19-18(9-13)26-10-15(20(19)24)14-4-3-12(21)7-16(14)22/h3-5,7-10,21-23H,6H2,1-2H3. The van der Waals surface area contributed by atoms with Crippen LogP contribution in [0.25, 0.3) is 22.1 Å². The lowest BCUT2D eigenvalue weighted by Crippen LogP contribution is -2.05. The second-order valence-corrected chi connectivity index (χ2v) is 6.09. The Morgan fingerprint density at radius 3 is 2.54 bits per heavy atom. The maximum Gasteiger partial charge on any atom is 0.204 e. The molecule has 2 aromatic carbocycles. The van der Waals surface area contributed by atoms with Crippen molar-refractivity contribution in [2.45, 2.75) is 13.8 Å². The molecule has 0 radical (unpaired) electrons. The van der Waals surface area contributed by atoms with Crippen molar-refractivity contribution < 1.29 is 24.5 Å². The van der Waals surface area contributed by atoms with Crippen LogP contribution in [0.4, 0.5) is 0 Å². The van der Waals surface area contributed by atoms with Crippen LogP contribution in [0.15, 0.2) is 57.5 Å². The summed E-state index contributed by atoms with van der Waals surface area (Å²) < 4.78 is 11.0. The Balaban J connectivity index is 2.08. The van der Waals surface area contributed by atoms with Gasteiger partial charge in [0.1, 0.15) is 46.8 Å². The number of aromatic hydroxyl groups is 3. The Morgan fingerprint density at radius 1 is 1.08 bits per heavy atom. The molecule has 0 amide bonds. The second-order valence-electron chi connectivity index (χ2n) is 6.09. The molecule has 6 heteroatoms. The van der Waals surface area contributed by atoms with E-state index in [-0.39, 0.29) is 39.3 Å². The molecule has 6 nitrogen and oxygen atoms in total. The summed E-state index contributed by atoms with van der Waals surface area (Å²) in [5.74, 6) is -0.297. The zero-order valence-corrected chi connectivity index (χ0v) is 14.3. The summed E-state index contributed by atoms with van der Waals surface area (Å²) in [5, 5.41) is 29.6. The van der Waals surface area contributed by atoms with Crippen molar-refractivity contribution in [1.82, 2.24) is 0 Å². The van der Waals surface area contributed by atoms with Crippen molar-refractivity contribution in [2.75, 3.05) is 6.61 Å². The molecule has 0 saturated carbocycles. The molecular weight excluding hydrogens is 336 g/mol. The van der Waals surface area contributed by atoms with Crippen LogP contribution in [0.5, 0.6) is 23.0 Å². The Labute approximate surface area is 149 Å². The number of hydrogen-bond acceptors (Lipinski definition) is 6. The van der Waals surface area contributed by atoms with Gasteiger partial charge in [-0.25, -0.2) is 0 Å². The molecule has 0 aliphatic carbocycles. The molecule has 134 valence electrons. The Kier molecular flexibility index (Phi) is 4.58. The number of fused-ring (bicyclic) bond motifs is 1. The first-order valence-electron chi connectivity index (χ1n) is 7.94. The van der Waals surface area contributed by atoms with Crippen molar-refractivity contribution >= 4 is 11.0 Å². The summed E-state index contributed by atoms with van der Waals surface area (Å²) >= 11 is 0. The van der Waals surface area contributed by atoms with Gasteiger partial charge in [-0.3, -0.25) is 4.79 Å². The van der Waals surface area contributed by atoms with Gasteiger partial charge in [-0.15, -0.1) is 0 Å². The van der Waals surface area contributed by atoms with Crippen LogP contribution in [0.2, 0.25) is 0 Å². The van der Waals surface area contributed by atoms with Gasteiger partial charge in [-0.2, -0.15) is 0 Å². The first-order chi connectivity index (χ1) is 12.4. The molecule has 0 unspecified atom stereocenters. The number of benzene rings is 2. The van der Waals surface area contributed by atoms with E-state index in [1.165, 1.54) is 30.5 Å². The van der Waals surface area contributed by atoms with E-state index in [9.17, 15) is 20.1 Å². The highest BCUT2D eigenvalue weighted by molar-refractivity contribution is 5.88. The topological polar surface area (TPSA) is 100 Å². The lowest BCUT2D eigenvalue weighted by molar-refractivity contribution is 0.358. The van der Waals surface area contributed by atoms with Crippen LogP contribution < -0.4 is 10.2 Å². The Morgan fingerprint density at radius 2 is 1.85 bits per heavy atom. The fourth-order valence-corrected chi connectivity index (χ4v) is 2.53. The number of allylic oxidation sites excluding steroid dienone is 1. The minimum Gasteiger partial charge on any atom is -0.508 e. The molecule has 0 atom stereocenters. The minimum atomic E-state index is -0.499. The largest absolute Gasteiger partial charge is 0.508 e. The van der Waals surface area contributed by atoms with Gasteiger partial charge in [0.05, 0.1) is 5.56 Å². The van der Waals surface area contributed by atoms with E-state index >= 15 is 0 Å². The summed E-state index contributed by atoms with van der Waals surface area (Å²) in [6, 6.07) is 6.74. The molecule has 0 fully saturated rings. The van der Waals surface area contributed by atoms with E-state index in [2.05, 4.69) is 0 Å². The van der Waals surface area contributed by atoms with Crippen LogP contribution in [-0.2, 0) is 0 Å². The first-order valence-corrected chi connectivity index (χ1v) is 7.94. The van der Waals surface area contributed by atoms with Gasteiger partial charge in [0.2, 0.25) is 5.43 Å². The van der Waals surface area contributed by atoms with Crippen molar-refractivity contribution in [3.05, 3.63) is 58.5 Å². The van der Waals surface area contributed by atoms with E-state index in [4.69, 9.17) is 9.15 Å². The van der Waals surface area contributed by atoms with E-state index in [1.54, 1.807) is 0 Å². The van der Waals surface area contributed by atoms with E-state index in [1.807, 2.05) is 19.9 Å². The van der Waals surface area contributed by atoms with Gasteiger partial charge in [0.15, 0.2) is 0 Å². The summed E-state index contributed by atoms with van der Waals surface area (Å²) in [4.78, 5) is 12.8. The fraction of sp³-hybridized carbons (Fsp3) is 0.150. The Bertz CT molecular complexity index is 1060. The molecule has 0 bridgehead atoms. The first kappa shape index (κ1) is 17.4. The van der Waals surface area contributed by atoms with Gasteiger partial charge in [0, 0.05) is 23.8 Å². The molecule has 0 aliphatic rings. The summed E-state index contributed by atoms with van der Waals surface area (Å²) in [6.45, 7) is 4.22. The molecular formula is C20H18O6. The SMILES string of the molecule is CC(C)=CCOc1cc(O)c2c(=O)c(-c3ccc(O)cc3O)coc2c1. The van der Waals surface area contributed by atoms with Gasteiger partial charge in [0.25, 0.3) is 0 Å². The van der Waals surface area contributed by atoms with Crippen molar-refractivity contribution in [3.63, 3.8) is 0 Å². The number of hydrogen-bond donors (Lipinski definition) is 3. The molecule has 3 N–H and O–H groups in total. The van der Waals surface area contributed by atoms with Crippen LogP contribution in [0.1, 0.15) is 13.8 Å². The van der Waals surface area contributed by atoms with Gasteiger partial charge in [-0.1, -0.05) is 5.57 Å². The van der Waals surface area contributed by atoms with Crippen LogP contribution >= 0.6 is 0 Å². The number of phenols is 3. The highest BCUT2D eigenvalue weighted by Crippen LogP contribution is 2.34. The lowest BCUT2D eigenvalue weighted by Gasteiger charge is -2.09. The van der Waals surface area contributed by atoms with Crippen molar-refractivity contribution in [2.24, 2.45) is 0 Å². The average Bonchev–Trinajstić information content (AvgIpc) is 2.55. The third-order valence-electron chi connectivity index (χ3n) is 3.84. The molecule has 3 aromatic rings. The van der Waals surface area contributed by atoms with Crippen molar-refractivity contribution in [1.29, 1.82) is 0 Å². The monoisotopic (exact) mass is 354 g/mol. The maximum absolute atomic E-state index is 12.8. The van der Waals surface area contributed by atoms with Gasteiger partial charge in [-0.05, 0) is 32.1 Å². The molecule has 3 rings (SSSR count). The minimum absolute atomic E-state index is 0.00969. The third kappa shape index (κ3) is 3.35. The van der Waals surface area contributed by atoms with Crippen LogP contribution in [0.3, 0.4) is 0 Å². The highest BCUT2D eigenvalue weighted by atomic mass is 16.5. The molecule has 0 spiro atoms. The summed E-state index contributed by atoms with van der Waals surface area (Å²) in [7, 11) is 0. The number of phenolic OH excluding ortho intramolecular Hbond substituents is 3. The van der Waals surface area contributed by atoms with E-state index in [0.29, 0.717) is 12.4 Å². The second kappa shape index (κ2) is 6.84. The zero-order chi connectivity index (χ0) is 18.8. The predicted octanol–water partition coefficient (Wildman–Crippen LogP) is 3.92. The number of ether oxygens (including phenoxy) is 1. The van der Waals surface area contributed by atoms with Crippen LogP contribution in [-0.4, -0.2) is 21.9 Å². The lowest BCUT2D eigenvalue weighted by atomic mass is 10.0. The highest BCUT2D eigenvalue weighted by Gasteiger charge is 2.16. The van der Waals surface area contributed by atoms with E-state index in [0.717, 1.165) is 11.6 Å². The fourth-order valence-electron chi connectivity index (χ4n) is 2.53. The van der Waals surface area contributed by atoms with Gasteiger partial charge >= 0.3 is 0 Å². The van der Waals surface area contributed by atoms with Crippen LogP contribution in [0, 0.1) is 0 Å². The van der Waals surface area contributed by atoms with Gasteiger partial charge < -0.3 is 24.5 Å². The smallest absolute Gasteiger partial charge is 0.204 e. The summed E-state index contributed by atoms with van der Waals surface area (Å²) in [5.41, 5.74) is 1.04. The molecule has 0 saturated heterocycles. The zero-order valence-electron chi connectivity index (χ0n) is 14.3. The molecule has 1 heterocycles. The summed E-state index contributed by atoms with van der Waals surface area (Å²) in [6.07, 6.45) is 3.09. The maximum atomic E-state index is 12.8. The van der Waals surface area contributed by atoms with E-state index < -0.39 is 5.43 Å².